The first-order valence-corrected chi connectivity index (χ1v) is 8.73. The van der Waals surface area contributed by atoms with Crippen molar-refractivity contribution in [3.63, 3.8) is 0 Å². The fraction of sp³-hybridized carbons (Fsp3) is 0.526. The molecule has 2 unspecified atom stereocenters. The van der Waals surface area contributed by atoms with Gasteiger partial charge in [0, 0.05) is 29.9 Å². The highest BCUT2D eigenvalue weighted by Crippen LogP contribution is 2.31. The Labute approximate surface area is 132 Å². The number of benzene rings is 1. The summed E-state index contributed by atoms with van der Waals surface area (Å²) in [6.07, 6.45) is 8.80. The maximum atomic E-state index is 4.45. The molecule has 4 rings (SSSR count). The first kappa shape index (κ1) is 14.0. The lowest BCUT2D eigenvalue weighted by atomic mass is 9.83. The van der Waals surface area contributed by atoms with Gasteiger partial charge >= 0.3 is 0 Å². The van der Waals surface area contributed by atoms with Gasteiger partial charge in [-0.2, -0.15) is 0 Å². The van der Waals surface area contributed by atoms with E-state index in [0.29, 0.717) is 0 Å². The minimum absolute atomic E-state index is 0.793. The van der Waals surface area contributed by atoms with E-state index in [1.54, 1.807) is 0 Å². The minimum atomic E-state index is 0.793. The predicted molar refractivity (Wildman–Crippen MR) is 92.2 cm³/mol. The molecule has 0 radical (unpaired) electrons. The lowest BCUT2D eigenvalue weighted by Crippen LogP contribution is -2.49. The molecule has 22 heavy (non-hydrogen) atoms. The monoisotopic (exact) mass is 295 g/mol. The van der Waals surface area contributed by atoms with Crippen molar-refractivity contribution in [3.05, 3.63) is 36.5 Å². The fourth-order valence-electron chi connectivity index (χ4n) is 4.31. The number of piperidine rings is 2. The molecule has 116 valence electrons. The van der Waals surface area contributed by atoms with Gasteiger partial charge in [0.1, 0.15) is 0 Å². The second kappa shape index (κ2) is 6.25. The van der Waals surface area contributed by atoms with Gasteiger partial charge in [-0.25, -0.2) is 0 Å². The van der Waals surface area contributed by atoms with Crippen LogP contribution in [0.3, 0.4) is 0 Å². The zero-order valence-electron chi connectivity index (χ0n) is 13.2. The first-order chi connectivity index (χ1) is 10.9. The van der Waals surface area contributed by atoms with Crippen molar-refractivity contribution in [3.8, 4) is 0 Å². The molecule has 2 saturated heterocycles. The van der Waals surface area contributed by atoms with Crippen LogP contribution in [0.1, 0.15) is 32.1 Å². The van der Waals surface area contributed by atoms with Crippen LogP contribution < -0.4 is 5.32 Å². The van der Waals surface area contributed by atoms with Crippen LogP contribution in [-0.2, 0) is 0 Å². The van der Waals surface area contributed by atoms with Gasteiger partial charge in [0.05, 0.1) is 5.52 Å². The Morgan fingerprint density at radius 2 is 2.00 bits per heavy atom. The summed E-state index contributed by atoms with van der Waals surface area (Å²) in [5.74, 6) is 0.793. The van der Waals surface area contributed by atoms with Crippen LogP contribution in [0.15, 0.2) is 36.5 Å². The number of fused-ring (bicyclic) bond motifs is 2. The topological polar surface area (TPSA) is 28.2 Å². The summed E-state index contributed by atoms with van der Waals surface area (Å²) in [7, 11) is 0. The quantitative estimate of drug-likeness (QED) is 0.930. The van der Waals surface area contributed by atoms with E-state index in [4.69, 9.17) is 0 Å². The molecule has 2 aromatic rings. The third kappa shape index (κ3) is 2.70. The number of pyridine rings is 1. The highest BCUT2D eigenvalue weighted by molar-refractivity contribution is 5.91. The minimum Gasteiger partial charge on any atom is -0.384 e. The summed E-state index contributed by atoms with van der Waals surface area (Å²) in [6, 6.07) is 11.4. The molecule has 3 nitrogen and oxygen atoms in total. The second-order valence-corrected chi connectivity index (χ2v) is 6.76. The summed E-state index contributed by atoms with van der Waals surface area (Å²) in [5.41, 5.74) is 2.31. The van der Waals surface area contributed by atoms with Crippen molar-refractivity contribution in [2.45, 2.75) is 38.1 Å². The standard InChI is InChI=1S/C19H25N3/c1-2-12-22-13-5-6-15(19(22)10-1)14-21-18-9-3-8-17-16(18)7-4-11-20-17/h3-4,7-9,11,15,19,21H,1-2,5-6,10,12-14H2. The fourth-order valence-corrected chi connectivity index (χ4v) is 4.31. The lowest BCUT2D eigenvalue weighted by molar-refractivity contribution is 0.0649. The highest BCUT2D eigenvalue weighted by atomic mass is 15.2. The molecule has 0 bridgehead atoms. The second-order valence-electron chi connectivity index (χ2n) is 6.76. The smallest absolute Gasteiger partial charge is 0.0722 e. The Morgan fingerprint density at radius 1 is 1.05 bits per heavy atom. The van der Waals surface area contributed by atoms with Crippen molar-refractivity contribution < 1.29 is 0 Å². The number of rotatable bonds is 3. The molecular weight excluding hydrogens is 270 g/mol. The summed E-state index contributed by atoms with van der Waals surface area (Å²) >= 11 is 0. The number of anilines is 1. The van der Waals surface area contributed by atoms with E-state index < -0.39 is 0 Å². The highest BCUT2D eigenvalue weighted by Gasteiger charge is 2.32. The van der Waals surface area contributed by atoms with Gasteiger partial charge in [-0.3, -0.25) is 4.98 Å². The maximum Gasteiger partial charge on any atom is 0.0722 e. The normalized spacial score (nSPS) is 25.8. The van der Waals surface area contributed by atoms with Crippen molar-refractivity contribution in [2.75, 3.05) is 25.0 Å². The van der Waals surface area contributed by atoms with E-state index in [9.17, 15) is 0 Å². The molecule has 0 amide bonds. The van der Waals surface area contributed by atoms with E-state index in [0.717, 1.165) is 24.0 Å². The van der Waals surface area contributed by atoms with Gasteiger partial charge in [0.15, 0.2) is 0 Å². The van der Waals surface area contributed by atoms with Crippen LogP contribution in [0.25, 0.3) is 10.9 Å². The molecule has 2 aliphatic rings. The van der Waals surface area contributed by atoms with Gasteiger partial charge in [0.2, 0.25) is 0 Å². The maximum absolute atomic E-state index is 4.45. The molecule has 0 spiro atoms. The summed E-state index contributed by atoms with van der Waals surface area (Å²) < 4.78 is 0. The zero-order chi connectivity index (χ0) is 14.8. The van der Waals surface area contributed by atoms with Crippen molar-refractivity contribution in [2.24, 2.45) is 5.92 Å². The molecule has 2 aliphatic heterocycles. The molecule has 0 aliphatic carbocycles. The van der Waals surface area contributed by atoms with Gasteiger partial charge in [0.25, 0.3) is 0 Å². The Morgan fingerprint density at radius 3 is 3.00 bits per heavy atom. The summed E-state index contributed by atoms with van der Waals surface area (Å²) in [4.78, 5) is 7.19. The molecule has 1 aromatic carbocycles. The van der Waals surface area contributed by atoms with E-state index >= 15 is 0 Å². The first-order valence-electron chi connectivity index (χ1n) is 8.73. The largest absolute Gasteiger partial charge is 0.384 e. The van der Waals surface area contributed by atoms with Gasteiger partial charge in [-0.15, -0.1) is 0 Å². The third-order valence-electron chi connectivity index (χ3n) is 5.43. The Hall–Kier alpha value is -1.61. The van der Waals surface area contributed by atoms with Gasteiger partial charge < -0.3 is 10.2 Å². The molecule has 1 N–H and O–H groups in total. The van der Waals surface area contributed by atoms with E-state index in [1.165, 1.54) is 56.3 Å². The third-order valence-corrected chi connectivity index (χ3v) is 5.43. The number of hydrogen-bond donors (Lipinski definition) is 1. The van der Waals surface area contributed by atoms with E-state index in [1.807, 2.05) is 12.3 Å². The van der Waals surface area contributed by atoms with Crippen LogP contribution in [0.4, 0.5) is 5.69 Å². The molecule has 2 fully saturated rings. The molecule has 1 aromatic heterocycles. The molecule has 2 atom stereocenters. The van der Waals surface area contributed by atoms with Crippen molar-refractivity contribution >= 4 is 16.6 Å². The lowest BCUT2D eigenvalue weighted by Gasteiger charge is -2.44. The van der Waals surface area contributed by atoms with E-state index in [2.05, 4.69) is 39.5 Å². The summed E-state index contributed by atoms with van der Waals surface area (Å²) in [5, 5.41) is 4.96. The average Bonchev–Trinajstić information content (AvgIpc) is 2.60. The van der Waals surface area contributed by atoms with Gasteiger partial charge in [-0.05, 0) is 69.0 Å². The number of nitrogens with zero attached hydrogens (tertiary/aromatic N) is 2. The molecule has 3 heterocycles. The Kier molecular flexibility index (Phi) is 3.98. The van der Waals surface area contributed by atoms with Crippen molar-refractivity contribution in [1.29, 1.82) is 0 Å². The molecular formula is C19H25N3. The van der Waals surface area contributed by atoms with Crippen LogP contribution in [0.2, 0.25) is 0 Å². The van der Waals surface area contributed by atoms with Crippen molar-refractivity contribution in [1.82, 2.24) is 9.88 Å². The molecule has 0 saturated carbocycles. The van der Waals surface area contributed by atoms with Crippen LogP contribution in [0.5, 0.6) is 0 Å². The summed E-state index contributed by atoms with van der Waals surface area (Å²) in [6.45, 7) is 3.73. The number of nitrogens with one attached hydrogen (secondary N) is 1. The average molecular weight is 295 g/mol. The molecule has 3 heteroatoms. The predicted octanol–water partition coefficient (Wildman–Crippen LogP) is 3.91. The zero-order valence-corrected chi connectivity index (χ0v) is 13.2. The van der Waals surface area contributed by atoms with E-state index in [-0.39, 0.29) is 0 Å². The number of hydrogen-bond acceptors (Lipinski definition) is 3. The van der Waals surface area contributed by atoms with Gasteiger partial charge in [-0.1, -0.05) is 12.5 Å². The van der Waals surface area contributed by atoms with Crippen LogP contribution in [-0.4, -0.2) is 35.6 Å². The Bertz CT molecular complexity index is 632. The van der Waals surface area contributed by atoms with Crippen LogP contribution >= 0.6 is 0 Å². The van der Waals surface area contributed by atoms with Crippen LogP contribution in [0, 0.1) is 5.92 Å². The Balaban J connectivity index is 1.49. The SMILES string of the molecule is c1cc(NCC2CCCN3CCCCC23)c2cccnc2c1. The number of aromatic nitrogens is 1.